The highest BCUT2D eigenvalue weighted by Gasteiger charge is 2.18. The Morgan fingerprint density at radius 3 is 2.75 bits per heavy atom. The van der Waals surface area contributed by atoms with Gasteiger partial charge in [-0.1, -0.05) is 6.92 Å². The molecule has 1 heterocycles. The van der Waals surface area contributed by atoms with Gasteiger partial charge in [0.15, 0.2) is 0 Å². The monoisotopic (exact) mass is 320 g/mol. The summed E-state index contributed by atoms with van der Waals surface area (Å²) in [5.41, 5.74) is 1.01. The first kappa shape index (κ1) is 17.6. The normalized spacial score (nSPS) is 11.9. The van der Waals surface area contributed by atoms with Gasteiger partial charge >= 0.3 is 0 Å². The largest absolute Gasteiger partial charge is 0.381 e. The molecule has 2 N–H and O–H groups in total. The summed E-state index contributed by atoms with van der Waals surface area (Å²) in [4.78, 5) is 1.05. The Balaban J connectivity index is 2.49. The quantitative estimate of drug-likeness (QED) is 0.646. The fourth-order valence-electron chi connectivity index (χ4n) is 1.66. The molecule has 1 aromatic rings. The third-order valence-electron chi connectivity index (χ3n) is 2.71. The second-order valence-corrected chi connectivity index (χ2v) is 7.70. The van der Waals surface area contributed by atoms with Crippen molar-refractivity contribution in [2.24, 2.45) is 0 Å². The van der Waals surface area contributed by atoms with Crippen LogP contribution in [0.1, 0.15) is 30.2 Å². The summed E-state index contributed by atoms with van der Waals surface area (Å²) in [6.07, 6.45) is 1.67. The first-order valence-electron chi connectivity index (χ1n) is 6.82. The van der Waals surface area contributed by atoms with E-state index >= 15 is 0 Å². The molecule has 0 fully saturated rings. The first-order chi connectivity index (χ1) is 9.51. The van der Waals surface area contributed by atoms with Gasteiger partial charge in [0.05, 0.1) is 0 Å². The molecule has 1 rings (SSSR count). The van der Waals surface area contributed by atoms with Gasteiger partial charge in [-0.3, -0.25) is 0 Å². The van der Waals surface area contributed by atoms with Gasteiger partial charge in [0.2, 0.25) is 10.0 Å². The number of sulfonamides is 1. The van der Waals surface area contributed by atoms with E-state index in [1.807, 2.05) is 20.9 Å². The van der Waals surface area contributed by atoms with Gasteiger partial charge in [0.1, 0.15) is 4.21 Å². The summed E-state index contributed by atoms with van der Waals surface area (Å²) in [5, 5.41) is 3.04. The minimum Gasteiger partial charge on any atom is -0.381 e. The molecular formula is C13H24N2O3S2. The van der Waals surface area contributed by atoms with Crippen LogP contribution in [0.4, 0.5) is 0 Å². The summed E-state index contributed by atoms with van der Waals surface area (Å²) in [7, 11) is -1.54. The maximum absolute atomic E-state index is 12.1. The van der Waals surface area contributed by atoms with E-state index in [0.29, 0.717) is 30.3 Å². The Labute approximate surface area is 125 Å². The average molecular weight is 320 g/mol. The predicted molar refractivity (Wildman–Crippen MR) is 82.7 cm³/mol. The molecular weight excluding hydrogens is 296 g/mol. The minimum atomic E-state index is -3.39. The molecule has 0 bridgehead atoms. The maximum Gasteiger partial charge on any atom is 0.250 e. The van der Waals surface area contributed by atoms with Gasteiger partial charge in [-0.25, -0.2) is 13.1 Å². The van der Waals surface area contributed by atoms with Crippen LogP contribution < -0.4 is 10.0 Å². The maximum atomic E-state index is 12.1. The smallest absolute Gasteiger partial charge is 0.250 e. The summed E-state index contributed by atoms with van der Waals surface area (Å²) in [6.45, 7) is 6.39. The number of nitrogens with one attached hydrogen (secondary N) is 2. The predicted octanol–water partition coefficient (Wildman–Crippen LogP) is 1.87. The Morgan fingerprint density at radius 2 is 2.10 bits per heavy atom. The highest BCUT2D eigenvalue weighted by atomic mass is 32.2. The van der Waals surface area contributed by atoms with E-state index in [1.165, 1.54) is 11.3 Å². The zero-order valence-electron chi connectivity index (χ0n) is 12.4. The van der Waals surface area contributed by atoms with Crippen LogP contribution in [-0.2, 0) is 21.3 Å². The second-order valence-electron chi connectivity index (χ2n) is 4.57. The number of rotatable bonds is 10. The molecule has 0 saturated heterocycles. The Hall–Kier alpha value is -0.470. The summed E-state index contributed by atoms with van der Waals surface area (Å²) < 4.78 is 32.6. The molecule has 116 valence electrons. The third-order valence-corrected chi connectivity index (χ3v) is 5.88. The third kappa shape index (κ3) is 5.49. The van der Waals surface area contributed by atoms with Crippen molar-refractivity contribution in [3.05, 3.63) is 16.5 Å². The van der Waals surface area contributed by atoms with E-state index in [-0.39, 0.29) is 0 Å². The van der Waals surface area contributed by atoms with Crippen LogP contribution in [0.5, 0.6) is 0 Å². The molecule has 20 heavy (non-hydrogen) atoms. The van der Waals surface area contributed by atoms with Gasteiger partial charge in [-0.2, -0.15) is 0 Å². The summed E-state index contributed by atoms with van der Waals surface area (Å²) in [6, 6.07) is 1.73. The lowest BCUT2D eigenvalue weighted by atomic mass is 10.3. The second kappa shape index (κ2) is 8.74. The van der Waals surface area contributed by atoms with Crippen molar-refractivity contribution >= 4 is 21.4 Å². The van der Waals surface area contributed by atoms with Crippen LogP contribution in [0.2, 0.25) is 0 Å². The average Bonchev–Trinajstić information content (AvgIpc) is 2.77. The standard InChI is InChI=1S/C13H24N2O3S2/c1-4-7-18-8-5-6-15-20(16,17)13-9-11(2)12(19-13)10-14-3/h9,14-15H,4-8,10H2,1-3H3. The molecule has 5 nitrogen and oxygen atoms in total. The minimum absolute atomic E-state index is 0.384. The molecule has 0 saturated carbocycles. The van der Waals surface area contributed by atoms with Crippen LogP contribution in [0.15, 0.2) is 10.3 Å². The van der Waals surface area contributed by atoms with Gasteiger partial charge in [0, 0.05) is 31.2 Å². The zero-order chi connectivity index (χ0) is 15.0. The Morgan fingerprint density at radius 1 is 1.35 bits per heavy atom. The topological polar surface area (TPSA) is 67.4 Å². The van der Waals surface area contributed by atoms with E-state index < -0.39 is 10.0 Å². The fraction of sp³-hybridized carbons (Fsp3) is 0.692. The van der Waals surface area contributed by atoms with Crippen LogP contribution >= 0.6 is 11.3 Å². The van der Waals surface area contributed by atoms with Crippen molar-refractivity contribution in [1.29, 1.82) is 0 Å². The molecule has 1 aromatic heterocycles. The number of hydrogen-bond acceptors (Lipinski definition) is 5. The van der Waals surface area contributed by atoms with E-state index in [2.05, 4.69) is 10.0 Å². The molecule has 0 aliphatic rings. The van der Waals surface area contributed by atoms with Crippen molar-refractivity contribution in [3.8, 4) is 0 Å². The van der Waals surface area contributed by atoms with Crippen LogP contribution in [-0.4, -0.2) is 35.2 Å². The lowest BCUT2D eigenvalue weighted by Crippen LogP contribution is -2.24. The van der Waals surface area contributed by atoms with Crippen molar-refractivity contribution in [2.45, 2.75) is 37.4 Å². The van der Waals surface area contributed by atoms with Crippen LogP contribution in [0, 0.1) is 6.92 Å². The van der Waals surface area contributed by atoms with Gasteiger partial charge < -0.3 is 10.1 Å². The first-order valence-corrected chi connectivity index (χ1v) is 9.12. The summed E-state index contributed by atoms with van der Waals surface area (Å²) >= 11 is 1.32. The fourth-order valence-corrected chi connectivity index (χ4v) is 4.38. The molecule has 0 atom stereocenters. The molecule has 0 unspecified atom stereocenters. The van der Waals surface area contributed by atoms with Crippen LogP contribution in [0.3, 0.4) is 0 Å². The van der Waals surface area contributed by atoms with Crippen molar-refractivity contribution in [3.63, 3.8) is 0 Å². The number of aryl methyl sites for hydroxylation is 1. The van der Waals surface area contributed by atoms with Gasteiger partial charge in [-0.15, -0.1) is 11.3 Å². The van der Waals surface area contributed by atoms with E-state index in [1.54, 1.807) is 6.07 Å². The molecule has 0 amide bonds. The number of hydrogen-bond donors (Lipinski definition) is 2. The molecule has 0 radical (unpaired) electrons. The molecule has 7 heteroatoms. The number of ether oxygens (including phenoxy) is 1. The van der Waals surface area contributed by atoms with E-state index in [0.717, 1.165) is 23.5 Å². The highest BCUT2D eigenvalue weighted by molar-refractivity contribution is 7.91. The number of thiophene rings is 1. The molecule has 0 aromatic carbocycles. The van der Waals surface area contributed by atoms with Crippen molar-refractivity contribution < 1.29 is 13.2 Å². The lowest BCUT2D eigenvalue weighted by Gasteiger charge is -2.05. The Kier molecular flexibility index (Phi) is 7.68. The van der Waals surface area contributed by atoms with Gasteiger partial charge in [0.25, 0.3) is 0 Å². The van der Waals surface area contributed by atoms with Gasteiger partial charge in [-0.05, 0) is 38.4 Å². The molecule has 0 aliphatic carbocycles. The van der Waals surface area contributed by atoms with E-state index in [4.69, 9.17) is 4.74 Å². The Bertz CT molecular complexity index is 498. The van der Waals surface area contributed by atoms with E-state index in [9.17, 15) is 8.42 Å². The van der Waals surface area contributed by atoms with Crippen molar-refractivity contribution in [2.75, 3.05) is 26.8 Å². The molecule has 0 spiro atoms. The lowest BCUT2D eigenvalue weighted by molar-refractivity contribution is 0.133. The highest BCUT2D eigenvalue weighted by Crippen LogP contribution is 2.25. The van der Waals surface area contributed by atoms with Crippen LogP contribution in [0.25, 0.3) is 0 Å². The van der Waals surface area contributed by atoms with Crippen molar-refractivity contribution in [1.82, 2.24) is 10.0 Å². The molecule has 0 aliphatic heterocycles. The SMILES string of the molecule is CCCOCCCNS(=O)(=O)c1cc(C)c(CNC)s1. The summed E-state index contributed by atoms with van der Waals surface area (Å²) in [5.74, 6) is 0. The zero-order valence-corrected chi connectivity index (χ0v) is 14.0.